The molecule has 6 nitrogen and oxygen atoms in total. The van der Waals surface area contributed by atoms with Gasteiger partial charge >= 0.3 is 0 Å². The van der Waals surface area contributed by atoms with Crippen molar-refractivity contribution in [2.45, 2.75) is 13.5 Å². The first-order valence-corrected chi connectivity index (χ1v) is 7.41. The van der Waals surface area contributed by atoms with Crippen molar-refractivity contribution in [3.05, 3.63) is 35.4 Å². The first-order chi connectivity index (χ1) is 10.6. The smallest absolute Gasteiger partial charge is 0.253 e. The second-order valence-corrected chi connectivity index (χ2v) is 4.95. The third kappa shape index (κ3) is 8.17. The molecular weight excluding hydrogens is 407 g/mol. The predicted octanol–water partition coefficient (Wildman–Crippen LogP) is 1.71. The predicted molar refractivity (Wildman–Crippen MR) is 105 cm³/mol. The van der Waals surface area contributed by atoms with E-state index in [0.29, 0.717) is 31.9 Å². The number of halogens is 1. The van der Waals surface area contributed by atoms with E-state index < -0.39 is 0 Å². The fourth-order valence-corrected chi connectivity index (χ4v) is 1.82. The van der Waals surface area contributed by atoms with Gasteiger partial charge in [0, 0.05) is 46.4 Å². The van der Waals surface area contributed by atoms with E-state index in [1.165, 1.54) is 0 Å². The number of aliphatic imine (C=N–C) groups is 1. The molecule has 1 aromatic carbocycles. The van der Waals surface area contributed by atoms with Gasteiger partial charge in [0.15, 0.2) is 5.96 Å². The quantitative estimate of drug-likeness (QED) is 0.297. The van der Waals surface area contributed by atoms with E-state index in [1.54, 1.807) is 26.0 Å². The molecule has 0 aromatic heterocycles. The van der Waals surface area contributed by atoms with E-state index in [1.807, 2.05) is 31.2 Å². The zero-order chi connectivity index (χ0) is 16.4. The van der Waals surface area contributed by atoms with Crippen LogP contribution in [0.25, 0.3) is 0 Å². The summed E-state index contributed by atoms with van der Waals surface area (Å²) in [5, 5.41) is 6.39. The number of ether oxygens (including phenoxy) is 1. The molecule has 2 N–H and O–H groups in total. The highest BCUT2D eigenvalue weighted by atomic mass is 127. The molecule has 1 amide bonds. The zero-order valence-corrected chi connectivity index (χ0v) is 16.6. The number of amides is 1. The van der Waals surface area contributed by atoms with E-state index in [0.717, 1.165) is 11.5 Å². The normalized spacial score (nSPS) is 10.7. The van der Waals surface area contributed by atoms with Gasteiger partial charge in [-0.05, 0) is 24.6 Å². The summed E-state index contributed by atoms with van der Waals surface area (Å²) in [7, 11) is 5.22. The molecule has 0 aliphatic heterocycles. The Morgan fingerprint density at radius 3 is 2.39 bits per heavy atom. The van der Waals surface area contributed by atoms with Crippen molar-refractivity contribution in [3.63, 3.8) is 0 Å². The van der Waals surface area contributed by atoms with Crippen molar-refractivity contribution in [3.8, 4) is 0 Å². The zero-order valence-electron chi connectivity index (χ0n) is 14.3. The van der Waals surface area contributed by atoms with Gasteiger partial charge in [0.2, 0.25) is 0 Å². The number of nitrogens with one attached hydrogen (secondary N) is 2. The largest absolute Gasteiger partial charge is 0.380 e. The molecule has 1 aromatic rings. The van der Waals surface area contributed by atoms with Gasteiger partial charge in [-0.1, -0.05) is 12.1 Å². The number of carbonyl (C=O) groups excluding carboxylic acids is 1. The highest BCUT2D eigenvalue weighted by Gasteiger charge is 2.07. The standard InChI is InChI=1S/C16H26N4O2.HI/c1-5-22-11-10-18-16(17-2)19-12-13-6-8-14(9-7-13)15(21)20(3)4;/h6-9H,5,10-12H2,1-4H3,(H2,17,18,19);1H. The first-order valence-electron chi connectivity index (χ1n) is 7.41. The van der Waals surface area contributed by atoms with Gasteiger partial charge in [-0.15, -0.1) is 24.0 Å². The summed E-state index contributed by atoms with van der Waals surface area (Å²) in [6.45, 7) is 4.69. The summed E-state index contributed by atoms with van der Waals surface area (Å²) in [4.78, 5) is 17.5. The Morgan fingerprint density at radius 2 is 1.87 bits per heavy atom. The van der Waals surface area contributed by atoms with Crippen molar-refractivity contribution in [2.75, 3.05) is 40.9 Å². The lowest BCUT2D eigenvalue weighted by Crippen LogP contribution is -2.38. The second-order valence-electron chi connectivity index (χ2n) is 4.95. The van der Waals surface area contributed by atoms with Crippen LogP contribution in [-0.4, -0.2) is 57.7 Å². The van der Waals surface area contributed by atoms with E-state index >= 15 is 0 Å². The Balaban J connectivity index is 0.00000484. The molecule has 0 fully saturated rings. The van der Waals surface area contributed by atoms with E-state index in [4.69, 9.17) is 4.74 Å². The molecule has 0 aliphatic carbocycles. The lowest BCUT2D eigenvalue weighted by atomic mass is 10.1. The number of hydrogen-bond acceptors (Lipinski definition) is 3. The van der Waals surface area contributed by atoms with Crippen LogP contribution < -0.4 is 10.6 Å². The fraction of sp³-hybridized carbons (Fsp3) is 0.500. The van der Waals surface area contributed by atoms with E-state index in [2.05, 4.69) is 15.6 Å². The minimum atomic E-state index is 0. The second kappa shape index (κ2) is 12.1. The number of guanidine groups is 1. The van der Waals surface area contributed by atoms with Crippen molar-refractivity contribution in [1.29, 1.82) is 0 Å². The molecule has 0 aliphatic rings. The lowest BCUT2D eigenvalue weighted by Gasteiger charge is -2.13. The van der Waals surface area contributed by atoms with Crippen LogP contribution in [0.15, 0.2) is 29.3 Å². The topological polar surface area (TPSA) is 66.0 Å². The first kappa shape index (κ1) is 21.6. The summed E-state index contributed by atoms with van der Waals surface area (Å²) < 4.78 is 5.26. The van der Waals surface area contributed by atoms with Crippen molar-refractivity contribution < 1.29 is 9.53 Å². The van der Waals surface area contributed by atoms with Crippen molar-refractivity contribution >= 4 is 35.8 Å². The average Bonchev–Trinajstić information content (AvgIpc) is 2.54. The molecule has 7 heteroatoms. The van der Waals surface area contributed by atoms with Gasteiger partial charge in [0.25, 0.3) is 5.91 Å². The molecule has 1 rings (SSSR count). The maximum atomic E-state index is 11.8. The van der Waals surface area contributed by atoms with Gasteiger partial charge in [0.05, 0.1) is 6.61 Å². The molecule has 0 spiro atoms. The third-order valence-corrected chi connectivity index (χ3v) is 3.03. The summed E-state index contributed by atoms with van der Waals surface area (Å²) >= 11 is 0. The summed E-state index contributed by atoms with van der Waals surface area (Å²) in [5.41, 5.74) is 1.77. The number of hydrogen-bond donors (Lipinski definition) is 2. The Kier molecular flexibility index (Phi) is 11.4. The minimum Gasteiger partial charge on any atom is -0.380 e. The Labute approximate surface area is 155 Å². The Hall–Kier alpha value is -1.35. The maximum absolute atomic E-state index is 11.8. The number of carbonyl (C=O) groups is 1. The van der Waals surface area contributed by atoms with Gasteiger partial charge in [0.1, 0.15) is 0 Å². The highest BCUT2D eigenvalue weighted by molar-refractivity contribution is 14.0. The molecule has 0 heterocycles. The van der Waals surface area contributed by atoms with E-state index in [-0.39, 0.29) is 29.9 Å². The van der Waals surface area contributed by atoms with Crippen LogP contribution in [0.2, 0.25) is 0 Å². The molecule has 0 bridgehead atoms. The molecular formula is C16H27IN4O2. The number of rotatable bonds is 7. The minimum absolute atomic E-state index is 0. The summed E-state index contributed by atoms with van der Waals surface area (Å²) in [6.07, 6.45) is 0. The SMILES string of the molecule is CCOCCNC(=NC)NCc1ccc(C(=O)N(C)C)cc1.I. The van der Waals surface area contributed by atoms with E-state index in [9.17, 15) is 4.79 Å². The van der Waals surface area contributed by atoms with Gasteiger partial charge in [-0.25, -0.2) is 0 Å². The monoisotopic (exact) mass is 434 g/mol. The Morgan fingerprint density at radius 1 is 1.22 bits per heavy atom. The van der Waals surface area contributed by atoms with Crippen LogP contribution in [0.4, 0.5) is 0 Å². The number of nitrogens with zero attached hydrogens (tertiary/aromatic N) is 2. The maximum Gasteiger partial charge on any atom is 0.253 e. The van der Waals surface area contributed by atoms with Crippen LogP contribution in [-0.2, 0) is 11.3 Å². The molecule has 130 valence electrons. The molecule has 0 radical (unpaired) electrons. The van der Waals surface area contributed by atoms with Crippen LogP contribution >= 0.6 is 24.0 Å². The van der Waals surface area contributed by atoms with Gasteiger partial charge in [-0.2, -0.15) is 0 Å². The number of benzene rings is 1. The average molecular weight is 434 g/mol. The molecule has 23 heavy (non-hydrogen) atoms. The molecule has 0 unspecified atom stereocenters. The summed E-state index contributed by atoms with van der Waals surface area (Å²) in [6, 6.07) is 7.56. The molecule has 0 saturated heterocycles. The van der Waals surface area contributed by atoms with Crippen molar-refractivity contribution in [1.82, 2.24) is 15.5 Å². The summed E-state index contributed by atoms with van der Waals surface area (Å²) in [5.74, 6) is 0.737. The Bertz CT molecular complexity index is 489. The molecule has 0 atom stereocenters. The highest BCUT2D eigenvalue weighted by Crippen LogP contribution is 2.06. The van der Waals surface area contributed by atoms with Gasteiger partial charge in [-0.3, -0.25) is 9.79 Å². The van der Waals surface area contributed by atoms with Crippen LogP contribution in [0.1, 0.15) is 22.8 Å². The van der Waals surface area contributed by atoms with Crippen molar-refractivity contribution in [2.24, 2.45) is 4.99 Å². The molecule has 0 saturated carbocycles. The van der Waals surface area contributed by atoms with Crippen LogP contribution in [0, 0.1) is 0 Å². The van der Waals surface area contributed by atoms with Crippen LogP contribution in [0.3, 0.4) is 0 Å². The van der Waals surface area contributed by atoms with Crippen LogP contribution in [0.5, 0.6) is 0 Å². The third-order valence-electron chi connectivity index (χ3n) is 3.03. The fourth-order valence-electron chi connectivity index (χ4n) is 1.82. The van der Waals surface area contributed by atoms with Gasteiger partial charge < -0.3 is 20.3 Å². The lowest BCUT2D eigenvalue weighted by molar-refractivity contribution is 0.0827.